The molecule has 1 saturated carbocycles. The fourth-order valence-corrected chi connectivity index (χ4v) is 12.3. The molecule has 12 aromatic rings. The Bertz CT molecular complexity index is 4170. The van der Waals surface area contributed by atoms with Gasteiger partial charge in [-0.2, -0.15) is 4.90 Å². The van der Waals surface area contributed by atoms with Crippen molar-refractivity contribution in [3.05, 3.63) is 187 Å². The molecule has 1 aliphatic carbocycles. The van der Waals surface area contributed by atoms with Crippen LogP contribution < -0.4 is 9.80 Å². The second kappa shape index (κ2) is 14.5. The summed E-state index contributed by atoms with van der Waals surface area (Å²) < 4.78 is 12.5. The number of hydrogen-bond donors (Lipinski definition) is 0. The monoisotopic (exact) mass is 943 g/mol. The first kappa shape index (κ1) is 39.8. The number of aromatic nitrogens is 5. The van der Waals surface area contributed by atoms with E-state index in [9.17, 15) is 9.59 Å². The summed E-state index contributed by atoms with van der Waals surface area (Å²) in [5, 5.41) is 14.7. The summed E-state index contributed by atoms with van der Waals surface area (Å²) in [5.74, 6) is -6.91. The molecule has 2 saturated heterocycles. The molecule has 0 bridgehead atoms. The minimum absolute atomic E-state index is 0.0185. The van der Waals surface area contributed by atoms with Gasteiger partial charge in [0.25, 0.3) is 5.89 Å². The average molecular weight is 944 g/mol. The fraction of sp³-hybridized carbons (Fsp3) is 0.0690. The van der Waals surface area contributed by atoms with E-state index in [4.69, 9.17) is 16.0 Å². The summed E-state index contributed by atoms with van der Waals surface area (Å²) in [6.45, 7) is 0. The molecule has 0 radical (unpaired) electrons. The van der Waals surface area contributed by atoms with Crippen LogP contribution in [0.4, 0.5) is 11.7 Å². The highest BCUT2D eigenvalue weighted by molar-refractivity contribution is 6.34. The first-order valence-corrected chi connectivity index (χ1v) is 23.7. The quantitative estimate of drug-likeness (QED) is 0.152. The maximum atomic E-state index is 15.5. The molecule has 338 valence electrons. The minimum atomic E-state index is -1.12. The molecule has 4 aromatic heterocycles. The van der Waals surface area contributed by atoms with Gasteiger partial charge < -0.3 is 18.1 Å². The molecule has 8 aromatic carbocycles. The Morgan fingerprint density at radius 1 is 0.366 bits per heavy atom. The van der Waals surface area contributed by atoms with Gasteiger partial charge in [-0.3, -0.25) is 19.2 Å². The van der Waals surface area contributed by atoms with Crippen LogP contribution >= 0.6 is 11.6 Å². The summed E-state index contributed by atoms with van der Waals surface area (Å²) >= 11 is 6.42. The minimum Gasteiger partial charge on any atom is -0.403 e. The lowest BCUT2D eigenvalue weighted by Crippen LogP contribution is -2.50. The number of benzene rings is 8. The Hall–Kier alpha value is -9.13. The Kier molecular flexibility index (Phi) is 8.11. The van der Waals surface area contributed by atoms with Gasteiger partial charge in [0.1, 0.15) is 0 Å². The van der Waals surface area contributed by atoms with E-state index in [2.05, 4.69) is 90.6 Å². The van der Waals surface area contributed by atoms with Crippen LogP contribution in [0.5, 0.6) is 0 Å². The van der Waals surface area contributed by atoms with Crippen LogP contribution in [0.3, 0.4) is 0 Å². The number of imide groups is 2. The standard InChI is InChI=1S/C58H34ClN7O5/c59-38-22-8-1-21-37(38)53-60-61-58(71-53)66-56(69)51-49-50(52(51)57(66)70)55(68)65(54(49)67)48-30-46(63-41-25-11-4-17-33(41)34-18-5-12-26-42(34)63)45(62-39-23-9-2-15-31(39)32-16-3-10-24-40(32)62)29-47(48)64-43-27-13-6-19-35(43)36-20-7-14-28-44(36)64/h1-30,49-52H. The van der Waals surface area contributed by atoms with Crippen molar-refractivity contribution in [2.24, 2.45) is 23.7 Å². The van der Waals surface area contributed by atoms with Crippen LogP contribution in [-0.2, 0) is 19.2 Å². The van der Waals surface area contributed by atoms with Crippen LogP contribution in [0.1, 0.15) is 0 Å². The van der Waals surface area contributed by atoms with Gasteiger partial charge in [0, 0.05) is 32.3 Å². The predicted octanol–water partition coefficient (Wildman–Crippen LogP) is 11.6. The van der Waals surface area contributed by atoms with Gasteiger partial charge >= 0.3 is 6.01 Å². The van der Waals surface area contributed by atoms with Crippen molar-refractivity contribution in [1.82, 2.24) is 23.9 Å². The molecular formula is C58H34ClN7O5. The zero-order chi connectivity index (χ0) is 47.4. The topological polar surface area (TPSA) is 128 Å². The van der Waals surface area contributed by atoms with Crippen molar-refractivity contribution in [2.75, 3.05) is 9.80 Å². The van der Waals surface area contributed by atoms with Crippen molar-refractivity contribution in [1.29, 1.82) is 0 Å². The normalized spacial score (nSPS) is 18.8. The van der Waals surface area contributed by atoms with Crippen molar-refractivity contribution >= 4 is 112 Å². The van der Waals surface area contributed by atoms with E-state index in [0.717, 1.165) is 76.0 Å². The van der Waals surface area contributed by atoms with E-state index in [1.54, 1.807) is 24.3 Å². The highest BCUT2D eigenvalue weighted by atomic mass is 35.5. The maximum absolute atomic E-state index is 15.5. The number of amides is 4. The number of carbonyl (C=O) groups is 4. The van der Waals surface area contributed by atoms with Gasteiger partial charge in [0.15, 0.2) is 0 Å². The van der Waals surface area contributed by atoms with Gasteiger partial charge in [-0.05, 0) is 60.7 Å². The van der Waals surface area contributed by atoms with Crippen LogP contribution in [0.2, 0.25) is 5.02 Å². The molecule has 6 heterocycles. The van der Waals surface area contributed by atoms with Crippen LogP contribution in [0.15, 0.2) is 186 Å². The lowest BCUT2D eigenvalue weighted by molar-refractivity contribution is -0.146. The second-order valence-electron chi connectivity index (χ2n) is 18.4. The molecule has 13 heteroatoms. The van der Waals surface area contributed by atoms with Crippen molar-refractivity contribution < 1.29 is 23.6 Å². The fourth-order valence-electron chi connectivity index (χ4n) is 12.1. The maximum Gasteiger partial charge on any atom is 0.332 e. The Labute approximate surface area is 407 Å². The third-order valence-corrected chi connectivity index (χ3v) is 15.4. The summed E-state index contributed by atoms with van der Waals surface area (Å²) in [6, 6.07) is 59.9. The molecular weight excluding hydrogens is 910 g/mol. The van der Waals surface area contributed by atoms with Crippen LogP contribution in [-0.4, -0.2) is 47.5 Å². The van der Waals surface area contributed by atoms with Crippen molar-refractivity contribution in [3.8, 4) is 28.5 Å². The third kappa shape index (κ3) is 5.23. The van der Waals surface area contributed by atoms with E-state index < -0.39 is 47.3 Å². The zero-order valence-electron chi connectivity index (χ0n) is 37.2. The molecule has 4 unspecified atom stereocenters. The van der Waals surface area contributed by atoms with Crippen molar-refractivity contribution in [2.45, 2.75) is 0 Å². The number of rotatable bonds is 6. The number of hydrogen-bond acceptors (Lipinski definition) is 7. The number of anilines is 2. The highest BCUT2D eigenvalue weighted by Crippen LogP contribution is 2.58. The van der Waals surface area contributed by atoms with Gasteiger partial charge in [0.05, 0.1) is 90.1 Å². The second-order valence-corrected chi connectivity index (χ2v) is 18.8. The van der Waals surface area contributed by atoms with Crippen LogP contribution in [0.25, 0.3) is 93.9 Å². The molecule has 71 heavy (non-hydrogen) atoms. The lowest BCUT2D eigenvalue weighted by atomic mass is 9.59. The third-order valence-electron chi connectivity index (χ3n) is 15.1. The highest BCUT2D eigenvalue weighted by Gasteiger charge is 2.74. The molecule has 3 aliphatic rings. The van der Waals surface area contributed by atoms with E-state index in [-0.39, 0.29) is 11.9 Å². The van der Waals surface area contributed by atoms with Gasteiger partial charge in [-0.1, -0.05) is 138 Å². The number of carbonyl (C=O) groups excluding carboxylic acids is 4. The SMILES string of the molecule is O=C1C2C(C(=O)N1c1nnc(-c3ccccc3Cl)o1)C1C(=O)N(c3cc(-n4c5ccccc5c5ccccc54)c(-n4c5ccccc5c5ccccc54)cc3-n3c4ccccc4c4ccccc43)C(=O)C21. The average Bonchev–Trinajstić information content (AvgIpc) is 4.22. The van der Waals surface area contributed by atoms with Crippen LogP contribution in [0, 0.1) is 23.7 Å². The van der Waals surface area contributed by atoms with Gasteiger partial charge in [0.2, 0.25) is 23.6 Å². The van der Waals surface area contributed by atoms with E-state index >= 15 is 9.59 Å². The number of fused-ring (bicyclic) bond motifs is 13. The molecule has 3 fully saturated rings. The molecule has 0 N–H and O–H groups in total. The van der Waals surface area contributed by atoms with Crippen molar-refractivity contribution in [3.63, 3.8) is 0 Å². The predicted molar refractivity (Wildman–Crippen MR) is 273 cm³/mol. The number of para-hydroxylation sites is 6. The Balaban J connectivity index is 0.988. The molecule has 0 spiro atoms. The van der Waals surface area contributed by atoms with E-state index in [1.165, 1.54) is 4.90 Å². The summed E-state index contributed by atoms with van der Waals surface area (Å²) in [4.78, 5) is 62.1. The smallest absolute Gasteiger partial charge is 0.332 e. The molecule has 4 amide bonds. The summed E-state index contributed by atoms with van der Waals surface area (Å²) in [7, 11) is 0. The molecule has 15 rings (SSSR count). The zero-order valence-corrected chi connectivity index (χ0v) is 37.9. The van der Waals surface area contributed by atoms with Gasteiger partial charge in [-0.25, -0.2) is 4.90 Å². The largest absolute Gasteiger partial charge is 0.403 e. The molecule has 4 atom stereocenters. The van der Waals surface area contributed by atoms with Gasteiger partial charge in [-0.15, -0.1) is 5.10 Å². The van der Waals surface area contributed by atoms with E-state index in [0.29, 0.717) is 27.6 Å². The molecule has 12 nitrogen and oxygen atoms in total. The summed E-state index contributed by atoms with van der Waals surface area (Å²) in [6.07, 6.45) is 0. The number of nitrogens with zero attached hydrogens (tertiary/aromatic N) is 7. The Morgan fingerprint density at radius 3 is 1.06 bits per heavy atom. The number of halogens is 1. The first-order chi connectivity index (χ1) is 34.9. The first-order valence-electron chi connectivity index (χ1n) is 23.3. The molecule has 2 aliphatic heterocycles. The Morgan fingerprint density at radius 2 is 0.676 bits per heavy atom. The lowest BCUT2D eigenvalue weighted by Gasteiger charge is -2.36. The van der Waals surface area contributed by atoms with E-state index in [1.807, 2.05) is 91.0 Å². The summed E-state index contributed by atoms with van der Waals surface area (Å²) in [5.41, 5.74) is 8.33.